The summed E-state index contributed by atoms with van der Waals surface area (Å²) in [7, 11) is 1.55. The third-order valence-electron chi connectivity index (χ3n) is 3.30. The van der Waals surface area contributed by atoms with Crippen LogP contribution in [0.3, 0.4) is 0 Å². The Labute approximate surface area is 105 Å². The van der Waals surface area contributed by atoms with E-state index in [2.05, 4.69) is 0 Å². The number of aliphatic carboxylic acids is 1. The van der Waals surface area contributed by atoms with E-state index < -0.39 is 11.9 Å². The zero-order chi connectivity index (χ0) is 13.3. The SMILES string of the molecule is COc1cccc(N2C(=O)CC(C(=O)O)C2C)c1. The Bertz CT molecular complexity index is 486. The Morgan fingerprint density at radius 1 is 1.50 bits per heavy atom. The van der Waals surface area contributed by atoms with Crippen molar-refractivity contribution in [3.8, 4) is 5.75 Å². The Kier molecular flexibility index (Phi) is 3.23. The van der Waals surface area contributed by atoms with Crippen molar-refractivity contribution in [1.29, 1.82) is 0 Å². The van der Waals surface area contributed by atoms with Crippen LogP contribution in [0.4, 0.5) is 5.69 Å². The van der Waals surface area contributed by atoms with Crippen molar-refractivity contribution in [3.63, 3.8) is 0 Å². The van der Waals surface area contributed by atoms with Crippen LogP contribution >= 0.6 is 0 Å². The summed E-state index contributed by atoms with van der Waals surface area (Å²) in [4.78, 5) is 24.5. The van der Waals surface area contributed by atoms with E-state index in [4.69, 9.17) is 9.84 Å². The molecule has 2 rings (SSSR count). The van der Waals surface area contributed by atoms with Crippen LogP contribution in [0.2, 0.25) is 0 Å². The number of hydrogen-bond acceptors (Lipinski definition) is 3. The summed E-state index contributed by atoms with van der Waals surface area (Å²) in [6, 6.07) is 6.73. The highest BCUT2D eigenvalue weighted by Crippen LogP contribution is 2.32. The van der Waals surface area contributed by atoms with Crippen LogP contribution in [0, 0.1) is 5.92 Å². The number of carboxylic acid groups (broad SMARTS) is 1. The van der Waals surface area contributed by atoms with Crippen LogP contribution < -0.4 is 9.64 Å². The molecule has 1 fully saturated rings. The summed E-state index contributed by atoms with van der Waals surface area (Å²) >= 11 is 0. The summed E-state index contributed by atoms with van der Waals surface area (Å²) in [5.41, 5.74) is 0.676. The van der Waals surface area contributed by atoms with E-state index in [1.54, 1.807) is 38.3 Å². The number of carboxylic acids is 1. The molecule has 1 heterocycles. The van der Waals surface area contributed by atoms with Crippen molar-refractivity contribution in [2.24, 2.45) is 5.92 Å². The molecule has 0 aliphatic carbocycles. The summed E-state index contributed by atoms with van der Waals surface area (Å²) in [5.74, 6) is -1.10. The lowest BCUT2D eigenvalue weighted by atomic mass is 10.0. The molecule has 1 aromatic rings. The van der Waals surface area contributed by atoms with E-state index in [0.29, 0.717) is 11.4 Å². The highest BCUT2D eigenvalue weighted by Gasteiger charge is 2.41. The quantitative estimate of drug-likeness (QED) is 0.882. The first-order valence-electron chi connectivity index (χ1n) is 5.73. The van der Waals surface area contributed by atoms with Crippen LogP contribution in [0.1, 0.15) is 13.3 Å². The van der Waals surface area contributed by atoms with Crippen molar-refractivity contribution < 1.29 is 19.4 Å². The molecule has 0 saturated carbocycles. The first-order valence-corrected chi connectivity index (χ1v) is 5.73. The average molecular weight is 249 g/mol. The maximum Gasteiger partial charge on any atom is 0.309 e. The van der Waals surface area contributed by atoms with Gasteiger partial charge in [-0.3, -0.25) is 9.59 Å². The lowest BCUT2D eigenvalue weighted by molar-refractivity contribution is -0.142. The topological polar surface area (TPSA) is 66.8 Å². The van der Waals surface area contributed by atoms with Gasteiger partial charge in [-0.25, -0.2) is 0 Å². The number of ether oxygens (including phenoxy) is 1. The molecule has 1 saturated heterocycles. The number of methoxy groups -OCH3 is 1. The zero-order valence-electron chi connectivity index (χ0n) is 10.3. The van der Waals surface area contributed by atoms with Crippen molar-refractivity contribution in [2.75, 3.05) is 12.0 Å². The van der Waals surface area contributed by atoms with E-state index >= 15 is 0 Å². The highest BCUT2D eigenvalue weighted by molar-refractivity contribution is 6.00. The monoisotopic (exact) mass is 249 g/mol. The molecule has 0 spiro atoms. The molecule has 2 unspecified atom stereocenters. The molecule has 5 heteroatoms. The Morgan fingerprint density at radius 2 is 2.22 bits per heavy atom. The number of nitrogens with zero attached hydrogens (tertiary/aromatic N) is 1. The minimum Gasteiger partial charge on any atom is -0.497 e. The van der Waals surface area contributed by atoms with E-state index in [1.165, 1.54) is 4.90 Å². The lowest BCUT2D eigenvalue weighted by Crippen LogP contribution is -2.34. The number of benzene rings is 1. The van der Waals surface area contributed by atoms with E-state index in [0.717, 1.165) is 0 Å². The molecular formula is C13H15NO4. The fourth-order valence-corrected chi connectivity index (χ4v) is 2.30. The maximum absolute atomic E-state index is 11.9. The standard InChI is InChI=1S/C13H15NO4/c1-8-11(13(16)17)7-12(15)14(8)9-4-3-5-10(6-9)18-2/h3-6,8,11H,7H2,1-2H3,(H,16,17). The van der Waals surface area contributed by atoms with Gasteiger partial charge in [-0.05, 0) is 19.1 Å². The number of hydrogen-bond donors (Lipinski definition) is 1. The second-order valence-electron chi connectivity index (χ2n) is 4.35. The Morgan fingerprint density at radius 3 is 2.78 bits per heavy atom. The van der Waals surface area contributed by atoms with E-state index in [9.17, 15) is 9.59 Å². The number of rotatable bonds is 3. The summed E-state index contributed by atoms with van der Waals surface area (Å²) in [6.07, 6.45) is 0.0493. The van der Waals surface area contributed by atoms with E-state index in [1.807, 2.05) is 0 Å². The number of anilines is 1. The molecule has 2 atom stereocenters. The largest absolute Gasteiger partial charge is 0.497 e. The van der Waals surface area contributed by atoms with Gasteiger partial charge >= 0.3 is 5.97 Å². The fraction of sp³-hybridized carbons (Fsp3) is 0.385. The molecule has 1 aliphatic rings. The maximum atomic E-state index is 11.9. The smallest absolute Gasteiger partial charge is 0.309 e. The van der Waals surface area contributed by atoms with Crippen LogP contribution in [-0.2, 0) is 9.59 Å². The normalized spacial score (nSPS) is 23.2. The van der Waals surface area contributed by atoms with Gasteiger partial charge in [-0.1, -0.05) is 6.07 Å². The molecular weight excluding hydrogens is 234 g/mol. The lowest BCUT2D eigenvalue weighted by Gasteiger charge is -2.23. The average Bonchev–Trinajstić information content (AvgIpc) is 2.65. The van der Waals surface area contributed by atoms with Gasteiger partial charge in [0.15, 0.2) is 0 Å². The molecule has 0 bridgehead atoms. The fourth-order valence-electron chi connectivity index (χ4n) is 2.30. The number of amides is 1. The van der Waals surface area contributed by atoms with Gasteiger partial charge in [0.05, 0.1) is 13.0 Å². The molecule has 0 radical (unpaired) electrons. The van der Waals surface area contributed by atoms with Crippen molar-refractivity contribution >= 4 is 17.6 Å². The third kappa shape index (κ3) is 2.03. The first kappa shape index (κ1) is 12.4. The van der Waals surface area contributed by atoms with Crippen molar-refractivity contribution in [2.45, 2.75) is 19.4 Å². The van der Waals surface area contributed by atoms with Crippen molar-refractivity contribution in [3.05, 3.63) is 24.3 Å². The third-order valence-corrected chi connectivity index (χ3v) is 3.30. The summed E-state index contributed by atoms with van der Waals surface area (Å²) in [6.45, 7) is 1.75. The summed E-state index contributed by atoms with van der Waals surface area (Å²) < 4.78 is 5.10. The Hall–Kier alpha value is -2.04. The molecule has 1 aliphatic heterocycles. The first-order chi connectivity index (χ1) is 8.54. The molecule has 96 valence electrons. The zero-order valence-corrected chi connectivity index (χ0v) is 10.3. The van der Waals surface area contributed by atoms with Gasteiger partial charge in [0.25, 0.3) is 0 Å². The molecule has 1 aromatic carbocycles. The van der Waals surface area contributed by atoms with Gasteiger partial charge in [-0.15, -0.1) is 0 Å². The van der Waals surface area contributed by atoms with E-state index in [-0.39, 0.29) is 18.4 Å². The van der Waals surface area contributed by atoms with Crippen LogP contribution in [0.15, 0.2) is 24.3 Å². The minimum absolute atomic E-state index is 0.0493. The molecule has 1 amide bonds. The van der Waals surface area contributed by atoms with Gasteiger partial charge < -0.3 is 14.7 Å². The van der Waals surface area contributed by atoms with Crippen LogP contribution in [0.5, 0.6) is 5.75 Å². The van der Waals surface area contributed by atoms with Gasteiger partial charge in [0.1, 0.15) is 5.75 Å². The molecule has 1 N–H and O–H groups in total. The van der Waals surface area contributed by atoms with Crippen LogP contribution in [-0.4, -0.2) is 30.1 Å². The predicted molar refractivity (Wildman–Crippen MR) is 65.7 cm³/mol. The van der Waals surface area contributed by atoms with Gasteiger partial charge in [0, 0.05) is 24.2 Å². The number of carbonyl (C=O) groups excluding carboxylic acids is 1. The Balaban J connectivity index is 2.32. The van der Waals surface area contributed by atoms with Crippen molar-refractivity contribution in [1.82, 2.24) is 0 Å². The molecule has 5 nitrogen and oxygen atoms in total. The summed E-state index contributed by atoms with van der Waals surface area (Å²) in [5, 5.41) is 9.06. The minimum atomic E-state index is -0.929. The predicted octanol–water partition coefficient (Wildman–Crippen LogP) is 1.52. The molecule has 0 aromatic heterocycles. The molecule has 18 heavy (non-hydrogen) atoms. The number of carbonyl (C=O) groups is 2. The van der Waals surface area contributed by atoms with Crippen LogP contribution in [0.25, 0.3) is 0 Å². The highest BCUT2D eigenvalue weighted by atomic mass is 16.5. The second kappa shape index (κ2) is 4.68. The van der Waals surface area contributed by atoms with Gasteiger partial charge in [0.2, 0.25) is 5.91 Å². The van der Waals surface area contributed by atoms with Gasteiger partial charge in [-0.2, -0.15) is 0 Å². The second-order valence-corrected chi connectivity index (χ2v) is 4.35.